The smallest absolute Gasteiger partial charge is 0.243 e. The summed E-state index contributed by atoms with van der Waals surface area (Å²) in [6.07, 6.45) is 3.35. The van der Waals surface area contributed by atoms with Crippen LogP contribution < -0.4 is 4.74 Å². The SMILES string of the molecule is COC1=CC2C3Cc4ccc(OC)c(C)c4[C@]2(CCN3S(=O)(=O)c2ccc(C)cc2)CC1=O. The zero-order valence-electron chi connectivity index (χ0n) is 19.4. The monoisotopic (exact) mass is 467 g/mol. The number of hydrogen-bond donors (Lipinski definition) is 0. The van der Waals surface area contributed by atoms with Crippen LogP contribution in [0.5, 0.6) is 5.75 Å². The van der Waals surface area contributed by atoms with E-state index in [1.165, 1.54) is 7.11 Å². The van der Waals surface area contributed by atoms with Crippen molar-refractivity contribution in [3.63, 3.8) is 0 Å². The molecule has 3 atom stereocenters. The predicted octanol–water partition coefficient (Wildman–Crippen LogP) is 3.69. The number of allylic oxidation sites excluding steroid dienone is 1. The quantitative estimate of drug-likeness (QED) is 0.686. The average molecular weight is 468 g/mol. The lowest BCUT2D eigenvalue weighted by molar-refractivity contribution is -0.122. The number of nitrogens with zero attached hydrogens (tertiary/aromatic N) is 1. The van der Waals surface area contributed by atoms with Crippen molar-refractivity contribution in [1.29, 1.82) is 0 Å². The van der Waals surface area contributed by atoms with E-state index in [0.717, 1.165) is 28.0 Å². The highest BCUT2D eigenvalue weighted by Gasteiger charge is 2.58. The van der Waals surface area contributed by atoms with E-state index >= 15 is 0 Å². The first-order chi connectivity index (χ1) is 15.7. The Balaban J connectivity index is 1.69. The van der Waals surface area contributed by atoms with E-state index < -0.39 is 15.4 Å². The maximum Gasteiger partial charge on any atom is 0.243 e. The molecule has 0 spiro atoms. The Kier molecular flexibility index (Phi) is 5.18. The van der Waals surface area contributed by atoms with Gasteiger partial charge in [0.1, 0.15) is 5.75 Å². The molecule has 2 aromatic carbocycles. The van der Waals surface area contributed by atoms with Gasteiger partial charge in [0.25, 0.3) is 0 Å². The summed E-state index contributed by atoms with van der Waals surface area (Å²) in [5.74, 6) is 0.943. The number of Topliss-reactive ketones (excluding diaryl/α,β-unsaturated/α-hetero) is 1. The van der Waals surface area contributed by atoms with Crippen LogP contribution in [0, 0.1) is 19.8 Å². The van der Waals surface area contributed by atoms with E-state index in [9.17, 15) is 13.2 Å². The number of benzene rings is 2. The molecule has 2 bridgehead atoms. The van der Waals surface area contributed by atoms with Crippen LogP contribution in [-0.4, -0.2) is 45.3 Å². The lowest BCUT2D eigenvalue weighted by Gasteiger charge is -2.57. The molecule has 0 N–H and O–H groups in total. The highest BCUT2D eigenvalue weighted by molar-refractivity contribution is 7.89. The molecular formula is C26H29NO5S. The van der Waals surface area contributed by atoms with Crippen molar-refractivity contribution in [1.82, 2.24) is 4.31 Å². The maximum absolute atomic E-state index is 13.8. The molecule has 2 unspecified atom stereocenters. The number of hydrogen-bond acceptors (Lipinski definition) is 5. The molecule has 7 heteroatoms. The Morgan fingerprint density at radius 3 is 2.42 bits per heavy atom. The van der Waals surface area contributed by atoms with Gasteiger partial charge in [0.2, 0.25) is 10.0 Å². The van der Waals surface area contributed by atoms with Crippen LogP contribution >= 0.6 is 0 Å². The molecule has 174 valence electrons. The van der Waals surface area contributed by atoms with Crippen LogP contribution in [0.25, 0.3) is 0 Å². The summed E-state index contributed by atoms with van der Waals surface area (Å²) in [4.78, 5) is 13.3. The number of ketones is 1. The van der Waals surface area contributed by atoms with E-state index in [1.807, 2.05) is 44.2 Å². The van der Waals surface area contributed by atoms with Gasteiger partial charge in [0.05, 0.1) is 19.1 Å². The summed E-state index contributed by atoms with van der Waals surface area (Å²) >= 11 is 0. The summed E-state index contributed by atoms with van der Waals surface area (Å²) in [7, 11) is -0.536. The molecule has 5 rings (SSSR count). The van der Waals surface area contributed by atoms with Crippen LogP contribution in [0.15, 0.2) is 53.1 Å². The number of methoxy groups -OCH3 is 2. The van der Waals surface area contributed by atoms with Crippen molar-refractivity contribution in [2.75, 3.05) is 20.8 Å². The summed E-state index contributed by atoms with van der Waals surface area (Å²) in [6.45, 7) is 4.35. The number of carbonyl (C=O) groups excluding carboxylic acids is 1. The van der Waals surface area contributed by atoms with Gasteiger partial charge in [-0.3, -0.25) is 4.79 Å². The zero-order chi connectivity index (χ0) is 23.5. The number of ether oxygens (including phenoxy) is 2. The lowest BCUT2D eigenvalue weighted by atomic mass is 9.53. The number of piperidine rings is 1. The molecule has 1 saturated heterocycles. The molecular weight excluding hydrogens is 438 g/mol. The van der Waals surface area contributed by atoms with Crippen molar-refractivity contribution >= 4 is 15.8 Å². The van der Waals surface area contributed by atoms with E-state index in [1.54, 1.807) is 23.5 Å². The molecule has 1 aliphatic heterocycles. The standard InChI is InChI=1S/C26H29NO5S/c1-16-5-8-19(9-6-16)33(29,30)27-12-11-26-15-22(28)24(32-4)14-20(26)21(27)13-18-7-10-23(31-3)17(2)25(18)26/h5-10,14,20-21H,11-13,15H2,1-4H3/t20?,21?,26-/m1/s1. The molecule has 1 heterocycles. The first-order valence-corrected chi connectivity index (χ1v) is 12.7. The van der Waals surface area contributed by atoms with E-state index in [2.05, 4.69) is 0 Å². The van der Waals surface area contributed by atoms with Crippen molar-refractivity contribution in [2.45, 2.75) is 49.5 Å². The Labute approximate surface area is 195 Å². The topological polar surface area (TPSA) is 72.9 Å². The van der Waals surface area contributed by atoms with Gasteiger partial charge in [-0.15, -0.1) is 0 Å². The van der Waals surface area contributed by atoms with Gasteiger partial charge < -0.3 is 9.47 Å². The Morgan fingerprint density at radius 2 is 1.76 bits per heavy atom. The van der Waals surface area contributed by atoms with E-state index in [4.69, 9.17) is 9.47 Å². The molecule has 2 aromatic rings. The van der Waals surface area contributed by atoms with Gasteiger partial charge >= 0.3 is 0 Å². The van der Waals surface area contributed by atoms with Gasteiger partial charge in [-0.25, -0.2) is 8.42 Å². The van der Waals surface area contributed by atoms with Crippen molar-refractivity contribution in [2.24, 2.45) is 5.92 Å². The van der Waals surface area contributed by atoms with Crippen LogP contribution in [-0.2, 0) is 31.4 Å². The van der Waals surface area contributed by atoms with Crippen LogP contribution in [0.2, 0.25) is 0 Å². The summed E-state index contributed by atoms with van der Waals surface area (Å²) in [5.41, 5.74) is 3.84. The molecule has 2 aliphatic carbocycles. The largest absolute Gasteiger partial charge is 0.496 e. The normalized spacial score (nSPS) is 26.8. The highest BCUT2D eigenvalue weighted by atomic mass is 32.2. The van der Waals surface area contributed by atoms with Gasteiger partial charge in [-0.1, -0.05) is 23.8 Å². The second-order valence-electron chi connectivity index (χ2n) is 9.39. The van der Waals surface area contributed by atoms with Gasteiger partial charge in [-0.2, -0.15) is 4.31 Å². The molecule has 0 radical (unpaired) electrons. The third-order valence-electron chi connectivity index (χ3n) is 7.78. The minimum absolute atomic E-state index is 0.0302. The molecule has 0 amide bonds. The van der Waals surface area contributed by atoms with Crippen molar-refractivity contribution in [3.05, 3.63) is 70.5 Å². The lowest BCUT2D eigenvalue weighted by Crippen LogP contribution is -2.62. The van der Waals surface area contributed by atoms with Crippen molar-refractivity contribution in [3.8, 4) is 5.75 Å². The number of fused-ring (bicyclic) bond motifs is 1. The van der Waals surface area contributed by atoms with Gasteiger partial charge in [0, 0.05) is 30.3 Å². The van der Waals surface area contributed by atoms with Crippen LogP contribution in [0.3, 0.4) is 0 Å². The summed E-state index contributed by atoms with van der Waals surface area (Å²) in [5, 5.41) is 0. The Morgan fingerprint density at radius 1 is 1.03 bits per heavy atom. The van der Waals surface area contributed by atoms with E-state index in [-0.39, 0.29) is 17.7 Å². The van der Waals surface area contributed by atoms with Crippen LogP contribution in [0.4, 0.5) is 0 Å². The Hall–Kier alpha value is -2.64. The highest BCUT2D eigenvalue weighted by Crippen LogP contribution is 2.56. The maximum atomic E-state index is 13.8. The van der Waals surface area contributed by atoms with Gasteiger partial charge in [-0.05, 0) is 67.7 Å². The number of carbonyl (C=O) groups is 1. The number of rotatable bonds is 4. The van der Waals surface area contributed by atoms with E-state index in [0.29, 0.717) is 36.5 Å². The molecule has 3 aliphatic rings. The zero-order valence-corrected chi connectivity index (χ0v) is 20.2. The van der Waals surface area contributed by atoms with Gasteiger partial charge in [0.15, 0.2) is 11.5 Å². The third kappa shape index (κ3) is 3.16. The second-order valence-corrected chi connectivity index (χ2v) is 11.3. The minimum Gasteiger partial charge on any atom is -0.496 e. The first-order valence-electron chi connectivity index (χ1n) is 11.3. The predicted molar refractivity (Wildman–Crippen MR) is 125 cm³/mol. The number of aryl methyl sites for hydroxylation is 1. The number of sulfonamides is 1. The fraction of sp³-hybridized carbons (Fsp3) is 0.423. The molecule has 1 fully saturated rings. The third-order valence-corrected chi connectivity index (χ3v) is 9.72. The molecule has 33 heavy (non-hydrogen) atoms. The summed E-state index contributed by atoms with van der Waals surface area (Å²) < 4.78 is 40.2. The Bertz CT molecular complexity index is 1260. The molecule has 0 aromatic heterocycles. The first kappa shape index (κ1) is 22.2. The summed E-state index contributed by atoms with van der Waals surface area (Å²) in [6, 6.07) is 10.7. The second kappa shape index (κ2) is 7.71. The van der Waals surface area contributed by atoms with Crippen molar-refractivity contribution < 1.29 is 22.7 Å². The fourth-order valence-electron chi connectivity index (χ4n) is 6.29. The average Bonchev–Trinajstić information content (AvgIpc) is 2.78. The minimum atomic E-state index is -3.69. The fourth-order valence-corrected chi connectivity index (χ4v) is 7.93. The molecule has 0 saturated carbocycles. The van der Waals surface area contributed by atoms with Crippen LogP contribution in [0.1, 0.15) is 35.1 Å². The molecule has 6 nitrogen and oxygen atoms in total.